The molecule has 0 spiro atoms. The first-order chi connectivity index (χ1) is 5.11. The Labute approximate surface area is 71.2 Å². The molecule has 0 fully saturated rings. The zero-order chi connectivity index (χ0) is 8.85. The van der Waals surface area contributed by atoms with E-state index in [4.69, 9.17) is 0 Å². The summed E-state index contributed by atoms with van der Waals surface area (Å²) in [5, 5.41) is 6.42. The van der Waals surface area contributed by atoms with E-state index >= 15 is 0 Å². The molecule has 0 unspecified atom stereocenters. The molecule has 0 heterocycles. The van der Waals surface area contributed by atoms with Crippen molar-refractivity contribution in [3.63, 3.8) is 0 Å². The first-order valence-corrected chi connectivity index (χ1v) is 4.32. The van der Waals surface area contributed by atoms with Gasteiger partial charge in [0.1, 0.15) is 0 Å². The number of amidine groups is 1. The highest BCUT2D eigenvalue weighted by molar-refractivity contribution is 8.13. The minimum absolute atomic E-state index is 0.685. The predicted molar refractivity (Wildman–Crippen MR) is 48.5 cm³/mol. The van der Waals surface area contributed by atoms with Gasteiger partial charge in [-0.3, -0.25) is 9.69 Å². The van der Waals surface area contributed by atoms with E-state index in [0.29, 0.717) is 5.17 Å². The molecule has 0 aromatic heterocycles. The van der Waals surface area contributed by atoms with Gasteiger partial charge in [-0.25, -0.2) is 0 Å². The van der Waals surface area contributed by atoms with Crippen LogP contribution in [0.2, 0.25) is 0 Å². The van der Waals surface area contributed by atoms with E-state index < -0.39 is 0 Å². The Kier molecular flexibility index (Phi) is 4.69. The summed E-state index contributed by atoms with van der Waals surface area (Å²) in [4.78, 5) is 11.7. The van der Waals surface area contributed by atoms with Crippen molar-refractivity contribution in [3.05, 3.63) is 0 Å². The van der Waals surface area contributed by atoms with Crippen LogP contribution < -0.4 is 0 Å². The number of rotatable bonds is 2. The molecule has 0 aromatic rings. The largest absolute Gasteiger partial charge is 0.301 e. The highest BCUT2D eigenvalue weighted by Gasteiger charge is 2.02. The Bertz CT molecular complexity index is 158. The molecule has 64 valence electrons. The van der Waals surface area contributed by atoms with Gasteiger partial charge in [-0.2, -0.15) is 5.10 Å². The Morgan fingerprint density at radius 2 is 2.00 bits per heavy atom. The number of hydrogen-bond acceptors (Lipinski definition) is 4. The average molecular weight is 175 g/mol. The molecule has 0 saturated heterocycles. The van der Waals surface area contributed by atoms with Gasteiger partial charge in [0.05, 0.1) is 0 Å². The van der Waals surface area contributed by atoms with E-state index in [1.807, 2.05) is 20.4 Å². The molecule has 1 amide bonds. The Morgan fingerprint density at radius 1 is 1.45 bits per heavy atom. The third kappa shape index (κ3) is 3.87. The maximum absolute atomic E-state index is 10.3. The standard InChI is InChI=1S/C6H13N3OS/c1-8(2)7-6(11-4)9(3)5-10/h5H,1-4H3/b7-6+. The summed E-state index contributed by atoms with van der Waals surface area (Å²) in [7, 11) is 5.30. The lowest BCUT2D eigenvalue weighted by Gasteiger charge is -2.13. The lowest BCUT2D eigenvalue weighted by atomic mass is 10.9. The second kappa shape index (κ2) is 5.01. The summed E-state index contributed by atoms with van der Waals surface area (Å²) in [6.45, 7) is 0. The number of carbonyl (C=O) groups excluding carboxylic acids is 1. The molecule has 0 radical (unpaired) electrons. The number of hydrazone groups is 1. The van der Waals surface area contributed by atoms with Gasteiger partial charge in [-0.15, -0.1) is 0 Å². The van der Waals surface area contributed by atoms with Gasteiger partial charge >= 0.3 is 0 Å². The molecule has 4 nitrogen and oxygen atoms in total. The maximum atomic E-state index is 10.3. The zero-order valence-corrected chi connectivity index (χ0v) is 8.05. The van der Waals surface area contributed by atoms with Crippen LogP contribution in [0.25, 0.3) is 0 Å². The molecule has 0 bridgehead atoms. The topological polar surface area (TPSA) is 35.9 Å². The highest BCUT2D eigenvalue weighted by atomic mass is 32.2. The molecule has 11 heavy (non-hydrogen) atoms. The van der Waals surface area contributed by atoms with E-state index in [-0.39, 0.29) is 0 Å². The second-order valence-corrected chi connectivity index (χ2v) is 2.92. The molecule has 0 aromatic carbocycles. The van der Waals surface area contributed by atoms with Crippen LogP contribution in [0.4, 0.5) is 0 Å². The number of hydrogen-bond donors (Lipinski definition) is 0. The molecular weight excluding hydrogens is 162 g/mol. The summed E-state index contributed by atoms with van der Waals surface area (Å²) in [6.07, 6.45) is 2.61. The molecular formula is C6H13N3OS. The molecule has 0 aliphatic rings. The van der Waals surface area contributed by atoms with Gasteiger partial charge in [-0.05, 0) is 6.26 Å². The normalized spacial score (nSPS) is 11.1. The number of nitrogens with zero attached hydrogens (tertiary/aromatic N) is 3. The highest BCUT2D eigenvalue weighted by Crippen LogP contribution is 2.01. The maximum Gasteiger partial charge on any atom is 0.215 e. The fourth-order valence-corrected chi connectivity index (χ4v) is 1.05. The van der Waals surface area contributed by atoms with E-state index in [2.05, 4.69) is 5.10 Å². The Hall–Kier alpha value is -0.710. The van der Waals surface area contributed by atoms with E-state index in [1.54, 1.807) is 12.1 Å². The molecule has 0 rings (SSSR count). The van der Waals surface area contributed by atoms with Gasteiger partial charge in [-0.1, -0.05) is 11.8 Å². The van der Waals surface area contributed by atoms with Crippen molar-refractivity contribution in [3.8, 4) is 0 Å². The first-order valence-electron chi connectivity index (χ1n) is 3.10. The summed E-state index contributed by atoms with van der Waals surface area (Å²) in [6, 6.07) is 0. The van der Waals surface area contributed by atoms with Crippen LogP contribution in [0.1, 0.15) is 0 Å². The summed E-state index contributed by atoms with van der Waals surface area (Å²) >= 11 is 1.43. The fourth-order valence-electron chi connectivity index (χ4n) is 0.472. The van der Waals surface area contributed by atoms with Crippen LogP contribution in [0, 0.1) is 0 Å². The Morgan fingerprint density at radius 3 is 2.27 bits per heavy atom. The van der Waals surface area contributed by atoms with Crippen LogP contribution in [0.5, 0.6) is 0 Å². The molecule has 0 atom stereocenters. The molecule has 0 aliphatic heterocycles. The molecule has 0 N–H and O–H groups in total. The third-order valence-electron chi connectivity index (χ3n) is 0.928. The minimum Gasteiger partial charge on any atom is -0.301 e. The summed E-state index contributed by atoms with van der Waals surface area (Å²) < 4.78 is 0. The van der Waals surface area contributed by atoms with E-state index in [0.717, 1.165) is 6.41 Å². The number of carbonyl (C=O) groups is 1. The van der Waals surface area contributed by atoms with E-state index in [9.17, 15) is 4.79 Å². The van der Waals surface area contributed by atoms with Crippen LogP contribution >= 0.6 is 11.8 Å². The minimum atomic E-state index is 0.685. The van der Waals surface area contributed by atoms with Crippen molar-refractivity contribution in [2.24, 2.45) is 5.10 Å². The SMILES string of the molecule is CS/C(=N/N(C)C)N(C)C=O. The quantitative estimate of drug-likeness (QED) is 0.261. The van der Waals surface area contributed by atoms with Crippen molar-refractivity contribution < 1.29 is 4.79 Å². The van der Waals surface area contributed by atoms with Crippen molar-refractivity contribution in [2.75, 3.05) is 27.4 Å². The predicted octanol–water partition coefficient (Wildman–Crippen LogP) is 0.270. The third-order valence-corrected chi connectivity index (χ3v) is 1.66. The number of amides is 1. The van der Waals surface area contributed by atoms with Crippen molar-refractivity contribution in [1.29, 1.82) is 0 Å². The van der Waals surface area contributed by atoms with Crippen LogP contribution in [-0.4, -0.2) is 48.9 Å². The monoisotopic (exact) mass is 175 g/mol. The molecule has 0 aliphatic carbocycles. The van der Waals surface area contributed by atoms with Crippen molar-refractivity contribution >= 4 is 23.3 Å². The van der Waals surface area contributed by atoms with Gasteiger partial charge in [0.15, 0.2) is 5.17 Å². The lowest BCUT2D eigenvalue weighted by Crippen LogP contribution is -2.24. The van der Waals surface area contributed by atoms with Crippen LogP contribution in [0.15, 0.2) is 5.10 Å². The lowest BCUT2D eigenvalue weighted by molar-refractivity contribution is -0.113. The van der Waals surface area contributed by atoms with Gasteiger partial charge in [0.25, 0.3) is 0 Å². The van der Waals surface area contributed by atoms with Crippen molar-refractivity contribution in [2.45, 2.75) is 0 Å². The first kappa shape index (κ1) is 10.3. The molecule has 0 saturated carbocycles. The van der Waals surface area contributed by atoms with Crippen LogP contribution in [0.3, 0.4) is 0 Å². The van der Waals surface area contributed by atoms with Crippen molar-refractivity contribution in [1.82, 2.24) is 9.91 Å². The van der Waals surface area contributed by atoms with Gasteiger partial charge in [0.2, 0.25) is 6.41 Å². The fraction of sp³-hybridized carbons (Fsp3) is 0.667. The zero-order valence-electron chi connectivity index (χ0n) is 7.24. The second-order valence-electron chi connectivity index (χ2n) is 2.15. The summed E-state index contributed by atoms with van der Waals surface area (Å²) in [5.41, 5.74) is 0. The van der Waals surface area contributed by atoms with E-state index in [1.165, 1.54) is 16.7 Å². The smallest absolute Gasteiger partial charge is 0.215 e. The van der Waals surface area contributed by atoms with Gasteiger partial charge < -0.3 is 5.01 Å². The summed E-state index contributed by atoms with van der Waals surface area (Å²) in [5.74, 6) is 0. The Balaban J connectivity index is 4.25. The number of thioether (sulfide) groups is 1. The van der Waals surface area contributed by atoms with Gasteiger partial charge in [0, 0.05) is 21.1 Å². The van der Waals surface area contributed by atoms with Crippen LogP contribution in [-0.2, 0) is 4.79 Å². The average Bonchev–Trinajstić information content (AvgIpc) is 1.98. The molecule has 5 heteroatoms.